The first-order valence-electron chi connectivity index (χ1n) is 11.7. The Bertz CT molecular complexity index is 709. The highest BCUT2D eigenvalue weighted by Crippen LogP contribution is 2.32. The van der Waals surface area contributed by atoms with Gasteiger partial charge < -0.3 is 39.4 Å². The lowest BCUT2D eigenvalue weighted by Gasteiger charge is -2.39. The summed E-state index contributed by atoms with van der Waals surface area (Å²) < 4.78 is 21.7. The fourth-order valence-corrected chi connectivity index (χ4v) is 3.65. The van der Waals surface area contributed by atoms with Crippen LogP contribution in [0.15, 0.2) is 18.2 Å². The maximum atomic E-state index is 12.0. The molecule has 0 saturated carbocycles. The van der Waals surface area contributed by atoms with Gasteiger partial charge in [-0.15, -0.1) is 0 Å². The van der Waals surface area contributed by atoms with Crippen LogP contribution in [0.2, 0.25) is 0 Å². The van der Waals surface area contributed by atoms with Gasteiger partial charge in [0, 0.05) is 6.42 Å². The van der Waals surface area contributed by atoms with Gasteiger partial charge in [-0.1, -0.05) is 51.5 Å². The first-order valence-corrected chi connectivity index (χ1v) is 11.7. The van der Waals surface area contributed by atoms with Crippen molar-refractivity contribution in [2.24, 2.45) is 0 Å². The van der Waals surface area contributed by atoms with Crippen molar-refractivity contribution in [1.29, 1.82) is 0 Å². The molecule has 0 aliphatic carbocycles. The van der Waals surface area contributed by atoms with Gasteiger partial charge in [-0.25, -0.2) is 0 Å². The molecule has 4 N–H and O–H groups in total. The van der Waals surface area contributed by atoms with Gasteiger partial charge in [-0.05, 0) is 24.1 Å². The molecule has 1 heterocycles. The molecule has 2 rings (SSSR count). The fraction of sp³-hybridized carbons (Fsp3) is 0.708. The van der Waals surface area contributed by atoms with E-state index < -0.39 is 37.3 Å². The number of esters is 1. The summed E-state index contributed by atoms with van der Waals surface area (Å²) in [5, 5.41) is 39.2. The van der Waals surface area contributed by atoms with Gasteiger partial charge in [0.15, 0.2) is 11.5 Å². The number of methoxy groups -OCH3 is 1. The molecular formula is C24H38O9. The maximum absolute atomic E-state index is 12.0. The number of unbranched alkanes of at least 4 members (excludes halogenated alkanes) is 6. The summed E-state index contributed by atoms with van der Waals surface area (Å²) >= 11 is 0. The van der Waals surface area contributed by atoms with Gasteiger partial charge in [0.2, 0.25) is 6.29 Å². The summed E-state index contributed by atoms with van der Waals surface area (Å²) in [6.45, 7) is 1.73. The van der Waals surface area contributed by atoms with Crippen LogP contribution in [0.1, 0.15) is 63.9 Å². The molecule has 1 saturated heterocycles. The van der Waals surface area contributed by atoms with Crippen molar-refractivity contribution < 1.29 is 44.2 Å². The number of carbonyl (C=O) groups is 1. The highest BCUT2D eigenvalue weighted by atomic mass is 16.7. The van der Waals surface area contributed by atoms with Crippen LogP contribution in [0.25, 0.3) is 0 Å². The number of carbonyl (C=O) groups excluding carboxylic acids is 1. The SMILES string of the molecule is CCCCCCCCCC(=O)OCc1ccc(OC2OC(CO)C(O)C(O)C2O)c(OC)c1. The zero-order valence-corrected chi connectivity index (χ0v) is 19.5. The summed E-state index contributed by atoms with van der Waals surface area (Å²) in [6.07, 6.45) is 1.39. The number of hydrogen-bond acceptors (Lipinski definition) is 9. The molecule has 5 atom stereocenters. The Labute approximate surface area is 195 Å². The van der Waals surface area contributed by atoms with Crippen molar-refractivity contribution in [1.82, 2.24) is 0 Å². The van der Waals surface area contributed by atoms with Crippen LogP contribution in [0, 0.1) is 0 Å². The Balaban J connectivity index is 1.83. The molecule has 1 aliphatic rings. The van der Waals surface area contributed by atoms with Crippen LogP contribution in [-0.2, 0) is 20.9 Å². The highest BCUT2D eigenvalue weighted by molar-refractivity contribution is 5.69. The largest absolute Gasteiger partial charge is 0.493 e. The first-order chi connectivity index (χ1) is 15.9. The second kappa shape index (κ2) is 14.4. The number of benzene rings is 1. The molecule has 5 unspecified atom stereocenters. The third-order valence-electron chi connectivity index (χ3n) is 5.70. The Morgan fingerprint density at radius 1 is 0.970 bits per heavy atom. The average Bonchev–Trinajstić information content (AvgIpc) is 2.82. The van der Waals surface area contributed by atoms with E-state index >= 15 is 0 Å². The van der Waals surface area contributed by atoms with Crippen LogP contribution in [0.5, 0.6) is 11.5 Å². The molecule has 1 fully saturated rings. The second-order valence-corrected chi connectivity index (χ2v) is 8.33. The molecule has 0 bridgehead atoms. The fourth-order valence-electron chi connectivity index (χ4n) is 3.65. The molecule has 1 aliphatic heterocycles. The monoisotopic (exact) mass is 470 g/mol. The minimum atomic E-state index is -1.54. The summed E-state index contributed by atoms with van der Waals surface area (Å²) in [4.78, 5) is 12.0. The van der Waals surface area contributed by atoms with E-state index in [9.17, 15) is 25.2 Å². The van der Waals surface area contributed by atoms with E-state index in [0.29, 0.717) is 17.7 Å². The van der Waals surface area contributed by atoms with E-state index in [1.54, 1.807) is 18.2 Å². The third kappa shape index (κ3) is 8.42. The van der Waals surface area contributed by atoms with E-state index in [4.69, 9.17) is 18.9 Å². The molecular weight excluding hydrogens is 432 g/mol. The van der Waals surface area contributed by atoms with E-state index in [1.165, 1.54) is 32.8 Å². The Morgan fingerprint density at radius 3 is 2.33 bits per heavy atom. The number of ether oxygens (including phenoxy) is 4. The first kappa shape index (κ1) is 27.3. The van der Waals surface area contributed by atoms with Gasteiger partial charge in [0.05, 0.1) is 13.7 Å². The summed E-state index contributed by atoms with van der Waals surface area (Å²) in [6, 6.07) is 4.89. The van der Waals surface area contributed by atoms with Crippen LogP contribution < -0.4 is 9.47 Å². The van der Waals surface area contributed by atoms with Crippen LogP contribution in [-0.4, -0.2) is 70.8 Å². The van der Waals surface area contributed by atoms with Crippen molar-refractivity contribution in [2.45, 2.75) is 95.6 Å². The molecule has 0 spiro atoms. The molecule has 0 amide bonds. The maximum Gasteiger partial charge on any atom is 0.306 e. The molecule has 0 radical (unpaired) electrons. The molecule has 188 valence electrons. The van der Waals surface area contributed by atoms with Gasteiger partial charge in [-0.2, -0.15) is 0 Å². The molecule has 0 aromatic heterocycles. The van der Waals surface area contributed by atoms with Crippen molar-refractivity contribution in [3.05, 3.63) is 23.8 Å². The quantitative estimate of drug-likeness (QED) is 0.238. The van der Waals surface area contributed by atoms with Gasteiger partial charge in [0.1, 0.15) is 31.0 Å². The van der Waals surface area contributed by atoms with Gasteiger partial charge in [-0.3, -0.25) is 4.79 Å². The van der Waals surface area contributed by atoms with E-state index in [1.807, 2.05) is 0 Å². The van der Waals surface area contributed by atoms with Crippen molar-refractivity contribution in [2.75, 3.05) is 13.7 Å². The molecule has 1 aromatic rings. The molecule has 9 heteroatoms. The molecule has 1 aromatic carbocycles. The Hall–Kier alpha value is -1.91. The van der Waals surface area contributed by atoms with Crippen LogP contribution in [0.4, 0.5) is 0 Å². The average molecular weight is 471 g/mol. The highest BCUT2D eigenvalue weighted by Gasteiger charge is 2.44. The van der Waals surface area contributed by atoms with Crippen molar-refractivity contribution in [3.8, 4) is 11.5 Å². The van der Waals surface area contributed by atoms with E-state index in [0.717, 1.165) is 19.3 Å². The number of hydrogen-bond donors (Lipinski definition) is 4. The normalized spacial score (nSPS) is 25.0. The summed E-state index contributed by atoms with van der Waals surface area (Å²) in [7, 11) is 1.44. The van der Waals surface area contributed by atoms with Gasteiger partial charge >= 0.3 is 5.97 Å². The predicted octanol–water partition coefficient (Wildman–Crippen LogP) is 2.06. The van der Waals surface area contributed by atoms with Gasteiger partial charge in [0.25, 0.3) is 0 Å². The number of aliphatic hydroxyl groups excluding tert-OH is 4. The predicted molar refractivity (Wildman–Crippen MR) is 120 cm³/mol. The van der Waals surface area contributed by atoms with Crippen LogP contribution in [0.3, 0.4) is 0 Å². The smallest absolute Gasteiger partial charge is 0.306 e. The minimum Gasteiger partial charge on any atom is -0.493 e. The zero-order chi connectivity index (χ0) is 24.2. The van der Waals surface area contributed by atoms with E-state index in [2.05, 4.69) is 6.92 Å². The zero-order valence-electron chi connectivity index (χ0n) is 19.5. The minimum absolute atomic E-state index is 0.0893. The summed E-state index contributed by atoms with van der Waals surface area (Å²) in [5.74, 6) is 0.289. The lowest BCUT2D eigenvalue weighted by Crippen LogP contribution is -2.60. The van der Waals surface area contributed by atoms with Crippen molar-refractivity contribution in [3.63, 3.8) is 0 Å². The Kier molecular flexibility index (Phi) is 11.9. The topological polar surface area (TPSA) is 135 Å². The summed E-state index contributed by atoms with van der Waals surface area (Å²) in [5.41, 5.74) is 0.695. The lowest BCUT2D eigenvalue weighted by molar-refractivity contribution is -0.277. The molecule has 33 heavy (non-hydrogen) atoms. The van der Waals surface area contributed by atoms with E-state index in [-0.39, 0.29) is 18.3 Å². The number of rotatable bonds is 14. The Morgan fingerprint density at radius 2 is 1.67 bits per heavy atom. The standard InChI is InChI=1S/C24H38O9/c1-3-4-5-6-7-8-9-10-20(26)31-15-16-11-12-17(18(13-16)30-2)32-24-23(29)22(28)21(27)19(14-25)33-24/h11-13,19,21-25,27-29H,3-10,14-15H2,1-2H3. The number of aliphatic hydroxyl groups is 4. The second-order valence-electron chi connectivity index (χ2n) is 8.33. The van der Waals surface area contributed by atoms with Crippen LogP contribution >= 0.6 is 0 Å². The lowest BCUT2D eigenvalue weighted by atomic mass is 9.99. The third-order valence-corrected chi connectivity index (χ3v) is 5.70. The van der Waals surface area contributed by atoms with Crippen molar-refractivity contribution >= 4 is 5.97 Å². The molecule has 9 nitrogen and oxygen atoms in total.